The molecule has 1 rings (SSSR count). The van der Waals surface area contributed by atoms with Gasteiger partial charge >= 0.3 is 0 Å². The Morgan fingerprint density at radius 1 is 1.43 bits per heavy atom. The quantitative estimate of drug-likeness (QED) is 0.735. The lowest BCUT2D eigenvalue weighted by Gasteiger charge is -2.37. The molecule has 0 aromatic heterocycles. The summed E-state index contributed by atoms with van der Waals surface area (Å²) in [5.41, 5.74) is 0.00177. The van der Waals surface area contributed by atoms with Gasteiger partial charge in [0.1, 0.15) is 0 Å². The highest BCUT2D eigenvalue weighted by atomic mass is 16.5. The molecule has 14 heavy (non-hydrogen) atoms. The summed E-state index contributed by atoms with van der Waals surface area (Å²) in [5.74, 6) is 0.926. The molecule has 1 N–H and O–H groups in total. The van der Waals surface area contributed by atoms with Crippen molar-refractivity contribution in [2.24, 2.45) is 5.92 Å². The van der Waals surface area contributed by atoms with Gasteiger partial charge in [0.15, 0.2) is 0 Å². The van der Waals surface area contributed by atoms with Crippen LogP contribution in [0.4, 0.5) is 0 Å². The van der Waals surface area contributed by atoms with Gasteiger partial charge in [-0.3, -0.25) is 0 Å². The van der Waals surface area contributed by atoms with E-state index in [-0.39, 0.29) is 5.60 Å². The molecule has 84 valence electrons. The number of ether oxygens (including phenoxy) is 1. The Balaban J connectivity index is 2.19. The number of hydrogen-bond acceptors (Lipinski definition) is 2. The van der Waals surface area contributed by atoms with Crippen LogP contribution in [0.2, 0.25) is 0 Å². The second-order valence-electron chi connectivity index (χ2n) is 5.51. The van der Waals surface area contributed by atoms with Gasteiger partial charge in [-0.25, -0.2) is 0 Å². The van der Waals surface area contributed by atoms with Crippen molar-refractivity contribution in [3.05, 3.63) is 0 Å². The first kappa shape index (κ1) is 12.0. The summed E-state index contributed by atoms with van der Waals surface area (Å²) in [5, 5.41) is 3.66. The Kier molecular flexibility index (Phi) is 3.96. The topological polar surface area (TPSA) is 21.3 Å². The lowest BCUT2D eigenvalue weighted by molar-refractivity contribution is 0.00606. The second kappa shape index (κ2) is 4.63. The van der Waals surface area contributed by atoms with Crippen LogP contribution in [0.15, 0.2) is 0 Å². The van der Waals surface area contributed by atoms with E-state index < -0.39 is 0 Å². The molecule has 1 unspecified atom stereocenters. The third-order valence-electron chi connectivity index (χ3n) is 3.24. The van der Waals surface area contributed by atoms with Crippen molar-refractivity contribution in [2.45, 2.75) is 64.6 Å². The maximum Gasteiger partial charge on any atom is 0.0637 e. The lowest BCUT2D eigenvalue weighted by Crippen LogP contribution is -2.46. The largest absolute Gasteiger partial charge is 0.379 e. The monoisotopic (exact) mass is 199 g/mol. The molecule has 0 aromatic rings. The fourth-order valence-electron chi connectivity index (χ4n) is 2.32. The highest BCUT2D eigenvalue weighted by molar-refractivity contribution is 4.86. The molecule has 1 saturated carbocycles. The third-order valence-corrected chi connectivity index (χ3v) is 3.24. The predicted molar refractivity (Wildman–Crippen MR) is 60.5 cm³/mol. The Hall–Kier alpha value is -0.0800. The second-order valence-corrected chi connectivity index (χ2v) is 5.51. The molecule has 0 aliphatic heterocycles. The molecule has 0 radical (unpaired) electrons. The molecule has 1 atom stereocenters. The third kappa shape index (κ3) is 3.58. The molecule has 0 amide bonds. The maximum absolute atomic E-state index is 5.42. The Labute approximate surface area is 88.4 Å². The number of rotatable bonds is 5. The highest BCUT2D eigenvalue weighted by Gasteiger charge is 2.28. The first-order chi connectivity index (χ1) is 6.43. The van der Waals surface area contributed by atoms with Gasteiger partial charge in [-0.2, -0.15) is 0 Å². The minimum Gasteiger partial charge on any atom is -0.379 e. The van der Waals surface area contributed by atoms with Crippen LogP contribution < -0.4 is 5.32 Å². The van der Waals surface area contributed by atoms with Crippen molar-refractivity contribution in [1.29, 1.82) is 0 Å². The average Bonchev–Trinajstić information content (AvgIpc) is 2.00. The van der Waals surface area contributed by atoms with Crippen molar-refractivity contribution in [1.82, 2.24) is 5.32 Å². The summed E-state index contributed by atoms with van der Waals surface area (Å²) in [4.78, 5) is 0. The van der Waals surface area contributed by atoms with Gasteiger partial charge in [-0.1, -0.05) is 6.92 Å². The smallest absolute Gasteiger partial charge is 0.0637 e. The standard InChI is InChI=1S/C12H25NO/c1-9-6-11(7-9)13-10(2)8-12(3,4)14-5/h9-11,13H,6-8H2,1-5H3. The Bertz CT molecular complexity index is 173. The summed E-state index contributed by atoms with van der Waals surface area (Å²) in [6.45, 7) is 8.87. The van der Waals surface area contributed by atoms with E-state index in [2.05, 4.69) is 33.0 Å². The van der Waals surface area contributed by atoms with E-state index in [1.165, 1.54) is 12.8 Å². The van der Waals surface area contributed by atoms with Crippen LogP contribution in [0.25, 0.3) is 0 Å². The van der Waals surface area contributed by atoms with E-state index in [0.717, 1.165) is 18.4 Å². The summed E-state index contributed by atoms with van der Waals surface area (Å²) in [6, 6.07) is 1.31. The van der Waals surface area contributed by atoms with E-state index in [9.17, 15) is 0 Å². The van der Waals surface area contributed by atoms with Crippen molar-refractivity contribution in [3.8, 4) is 0 Å². The molecule has 1 aliphatic rings. The fourth-order valence-corrected chi connectivity index (χ4v) is 2.32. The minimum atomic E-state index is 0.00177. The van der Waals surface area contributed by atoms with E-state index in [0.29, 0.717) is 6.04 Å². The van der Waals surface area contributed by atoms with Crippen LogP contribution in [-0.2, 0) is 4.74 Å². The van der Waals surface area contributed by atoms with Gasteiger partial charge in [0.2, 0.25) is 0 Å². The van der Waals surface area contributed by atoms with Crippen molar-refractivity contribution in [2.75, 3.05) is 7.11 Å². The van der Waals surface area contributed by atoms with E-state index in [1.807, 2.05) is 0 Å². The Morgan fingerprint density at radius 2 is 2.00 bits per heavy atom. The van der Waals surface area contributed by atoms with Gasteiger partial charge in [0.05, 0.1) is 5.60 Å². The summed E-state index contributed by atoms with van der Waals surface area (Å²) >= 11 is 0. The summed E-state index contributed by atoms with van der Waals surface area (Å²) in [7, 11) is 1.79. The van der Waals surface area contributed by atoms with Gasteiger partial charge in [-0.05, 0) is 46.0 Å². The molecule has 2 heteroatoms. The van der Waals surface area contributed by atoms with Crippen molar-refractivity contribution >= 4 is 0 Å². The first-order valence-corrected chi connectivity index (χ1v) is 5.74. The van der Waals surface area contributed by atoms with Gasteiger partial charge in [0.25, 0.3) is 0 Å². The Morgan fingerprint density at radius 3 is 2.43 bits per heavy atom. The summed E-state index contributed by atoms with van der Waals surface area (Å²) in [6.07, 6.45) is 3.77. The molecule has 0 heterocycles. The van der Waals surface area contributed by atoms with E-state index in [4.69, 9.17) is 4.74 Å². The molecule has 1 fully saturated rings. The van der Waals surface area contributed by atoms with Crippen LogP contribution in [0.3, 0.4) is 0 Å². The molecule has 0 saturated heterocycles. The average molecular weight is 199 g/mol. The van der Waals surface area contributed by atoms with Crippen molar-refractivity contribution < 1.29 is 4.74 Å². The normalized spacial score (nSPS) is 29.8. The zero-order valence-electron chi connectivity index (χ0n) is 10.3. The predicted octanol–water partition coefficient (Wildman–Crippen LogP) is 2.58. The SMILES string of the molecule is COC(C)(C)CC(C)NC1CC(C)C1. The van der Waals surface area contributed by atoms with Crippen LogP contribution in [0.5, 0.6) is 0 Å². The van der Waals surface area contributed by atoms with E-state index >= 15 is 0 Å². The summed E-state index contributed by atoms with van der Waals surface area (Å²) < 4.78 is 5.42. The lowest BCUT2D eigenvalue weighted by atomic mass is 9.81. The van der Waals surface area contributed by atoms with Gasteiger partial charge in [0, 0.05) is 19.2 Å². The molecular weight excluding hydrogens is 174 g/mol. The minimum absolute atomic E-state index is 0.00177. The molecule has 0 bridgehead atoms. The van der Waals surface area contributed by atoms with Gasteiger partial charge in [-0.15, -0.1) is 0 Å². The van der Waals surface area contributed by atoms with Crippen LogP contribution in [-0.4, -0.2) is 24.8 Å². The maximum atomic E-state index is 5.42. The van der Waals surface area contributed by atoms with E-state index in [1.54, 1.807) is 7.11 Å². The molecule has 0 spiro atoms. The molecule has 2 nitrogen and oxygen atoms in total. The van der Waals surface area contributed by atoms with Crippen molar-refractivity contribution in [3.63, 3.8) is 0 Å². The number of hydrogen-bond donors (Lipinski definition) is 1. The van der Waals surface area contributed by atoms with Gasteiger partial charge < -0.3 is 10.1 Å². The van der Waals surface area contributed by atoms with Crippen LogP contribution in [0.1, 0.15) is 47.0 Å². The fraction of sp³-hybridized carbons (Fsp3) is 1.00. The number of methoxy groups -OCH3 is 1. The first-order valence-electron chi connectivity index (χ1n) is 5.74. The zero-order chi connectivity index (χ0) is 10.8. The number of nitrogens with one attached hydrogen (secondary N) is 1. The van der Waals surface area contributed by atoms with Crippen LogP contribution >= 0.6 is 0 Å². The zero-order valence-corrected chi connectivity index (χ0v) is 10.3. The highest BCUT2D eigenvalue weighted by Crippen LogP contribution is 2.27. The molecular formula is C12H25NO. The molecule has 0 aromatic carbocycles. The molecule has 1 aliphatic carbocycles. The van der Waals surface area contributed by atoms with Crippen LogP contribution in [0, 0.1) is 5.92 Å².